The summed E-state index contributed by atoms with van der Waals surface area (Å²) in [5.41, 5.74) is 3.30. The Morgan fingerprint density at radius 2 is 1.92 bits per heavy atom. The van der Waals surface area contributed by atoms with Gasteiger partial charge in [0.25, 0.3) is 0 Å². The summed E-state index contributed by atoms with van der Waals surface area (Å²) < 4.78 is 0. The molecular formula is C21H16Cl2O2. The average Bonchev–Trinajstić information content (AvgIpc) is 2.83. The van der Waals surface area contributed by atoms with Crippen LogP contribution < -0.4 is 0 Å². The van der Waals surface area contributed by atoms with Crippen molar-refractivity contribution in [1.82, 2.24) is 0 Å². The van der Waals surface area contributed by atoms with Crippen LogP contribution in [0.3, 0.4) is 0 Å². The number of Topliss-reactive ketones (excluding diaryl/α,β-unsaturated/α-hetero) is 2. The normalized spacial score (nSPS) is 19.9. The number of terminal acetylenes is 1. The number of benzene rings is 2. The molecule has 2 aromatic rings. The summed E-state index contributed by atoms with van der Waals surface area (Å²) in [7, 11) is 0. The molecule has 0 heterocycles. The van der Waals surface area contributed by atoms with E-state index in [4.69, 9.17) is 29.6 Å². The molecule has 0 amide bonds. The monoisotopic (exact) mass is 370 g/mol. The number of rotatable bonds is 3. The van der Waals surface area contributed by atoms with Gasteiger partial charge in [0.2, 0.25) is 0 Å². The first-order valence-electron chi connectivity index (χ1n) is 7.98. The molecule has 126 valence electrons. The molecule has 0 saturated heterocycles. The molecule has 0 radical (unpaired) electrons. The van der Waals surface area contributed by atoms with Gasteiger partial charge in [0.15, 0.2) is 5.78 Å². The zero-order valence-electron chi connectivity index (χ0n) is 13.7. The van der Waals surface area contributed by atoms with Gasteiger partial charge in [-0.3, -0.25) is 9.59 Å². The Morgan fingerprint density at radius 1 is 1.16 bits per heavy atom. The molecule has 1 aliphatic rings. The molecule has 1 saturated carbocycles. The second-order valence-electron chi connectivity index (χ2n) is 6.31. The van der Waals surface area contributed by atoms with E-state index in [2.05, 4.69) is 5.92 Å². The Bertz CT molecular complexity index is 909. The molecular weight excluding hydrogens is 355 g/mol. The largest absolute Gasteiger partial charge is 0.298 e. The second kappa shape index (κ2) is 7.04. The fraction of sp³-hybridized carbons (Fsp3) is 0.238. The molecule has 4 heteroatoms. The van der Waals surface area contributed by atoms with Crippen LogP contribution in [-0.4, -0.2) is 11.6 Å². The van der Waals surface area contributed by atoms with E-state index in [1.165, 1.54) is 0 Å². The van der Waals surface area contributed by atoms with E-state index >= 15 is 0 Å². The van der Waals surface area contributed by atoms with Crippen LogP contribution in [0, 0.1) is 25.2 Å². The smallest absolute Gasteiger partial charge is 0.152 e. The summed E-state index contributed by atoms with van der Waals surface area (Å²) in [6.07, 6.45) is 5.85. The Morgan fingerprint density at radius 3 is 2.60 bits per heavy atom. The lowest BCUT2D eigenvalue weighted by molar-refractivity contribution is -0.124. The van der Waals surface area contributed by atoms with Crippen molar-refractivity contribution in [3.05, 3.63) is 57.6 Å². The molecule has 1 aliphatic carbocycles. The maximum atomic E-state index is 12.7. The average molecular weight is 371 g/mol. The molecule has 0 aliphatic heterocycles. The highest BCUT2D eigenvalue weighted by atomic mass is 35.5. The van der Waals surface area contributed by atoms with Crippen LogP contribution in [0.1, 0.15) is 29.9 Å². The van der Waals surface area contributed by atoms with Crippen LogP contribution >= 0.6 is 23.2 Å². The maximum Gasteiger partial charge on any atom is 0.152 e. The number of aryl methyl sites for hydroxylation is 1. The fourth-order valence-corrected chi connectivity index (χ4v) is 3.86. The first kappa shape index (κ1) is 17.7. The van der Waals surface area contributed by atoms with Crippen LogP contribution in [0.2, 0.25) is 10.0 Å². The van der Waals surface area contributed by atoms with Gasteiger partial charge in [-0.25, -0.2) is 0 Å². The summed E-state index contributed by atoms with van der Waals surface area (Å²) in [6.45, 7) is 1.90. The predicted molar refractivity (Wildman–Crippen MR) is 101 cm³/mol. The Hall–Kier alpha value is -2.08. The van der Waals surface area contributed by atoms with Crippen LogP contribution in [0.15, 0.2) is 36.4 Å². The number of carbonyl (C=O) groups excluding carboxylic acids is 2. The third kappa shape index (κ3) is 3.35. The minimum absolute atomic E-state index is 0.0623. The number of hydrogen-bond acceptors (Lipinski definition) is 2. The third-order valence-corrected chi connectivity index (χ3v) is 5.20. The van der Waals surface area contributed by atoms with Crippen molar-refractivity contribution in [2.75, 3.05) is 0 Å². The molecule has 0 bridgehead atoms. The van der Waals surface area contributed by atoms with Crippen molar-refractivity contribution < 1.29 is 9.59 Å². The van der Waals surface area contributed by atoms with E-state index in [0.29, 0.717) is 16.5 Å². The summed E-state index contributed by atoms with van der Waals surface area (Å²) in [5, 5.41) is 1.08. The zero-order valence-corrected chi connectivity index (χ0v) is 15.2. The van der Waals surface area contributed by atoms with E-state index in [1.54, 1.807) is 12.1 Å². The minimum atomic E-state index is -0.732. The molecule has 2 nitrogen and oxygen atoms in total. The van der Waals surface area contributed by atoms with Gasteiger partial charge >= 0.3 is 0 Å². The maximum absolute atomic E-state index is 12.7. The summed E-state index contributed by atoms with van der Waals surface area (Å²) in [5.74, 6) is 1.25. The number of halogens is 2. The van der Waals surface area contributed by atoms with E-state index in [1.807, 2.05) is 31.2 Å². The fourth-order valence-electron chi connectivity index (χ4n) is 3.34. The van der Waals surface area contributed by atoms with Gasteiger partial charge in [-0.2, -0.15) is 0 Å². The quantitative estimate of drug-likeness (QED) is 0.547. The van der Waals surface area contributed by atoms with E-state index < -0.39 is 5.92 Å². The Labute approximate surface area is 157 Å². The predicted octanol–water partition coefficient (Wildman–Crippen LogP) is 5.23. The van der Waals surface area contributed by atoms with Gasteiger partial charge in [0.1, 0.15) is 11.7 Å². The van der Waals surface area contributed by atoms with E-state index in [-0.39, 0.29) is 23.9 Å². The van der Waals surface area contributed by atoms with Gasteiger partial charge < -0.3 is 0 Å². The minimum Gasteiger partial charge on any atom is -0.298 e. The van der Waals surface area contributed by atoms with Gasteiger partial charge in [0.05, 0.1) is 0 Å². The van der Waals surface area contributed by atoms with Crippen LogP contribution in [0.4, 0.5) is 0 Å². The molecule has 0 aromatic heterocycles. The van der Waals surface area contributed by atoms with Crippen molar-refractivity contribution in [3.63, 3.8) is 0 Å². The molecule has 2 aromatic carbocycles. The van der Waals surface area contributed by atoms with Crippen molar-refractivity contribution in [2.45, 2.75) is 25.7 Å². The summed E-state index contributed by atoms with van der Waals surface area (Å²) in [6, 6.07) is 11.0. The van der Waals surface area contributed by atoms with Gasteiger partial charge in [-0.1, -0.05) is 41.4 Å². The van der Waals surface area contributed by atoms with Gasteiger partial charge in [0, 0.05) is 34.4 Å². The van der Waals surface area contributed by atoms with Crippen LogP contribution in [0.5, 0.6) is 0 Å². The van der Waals surface area contributed by atoms with Crippen LogP contribution in [-0.2, 0) is 9.59 Å². The van der Waals surface area contributed by atoms with Crippen molar-refractivity contribution in [2.24, 2.45) is 5.92 Å². The highest BCUT2D eigenvalue weighted by molar-refractivity contribution is 6.36. The van der Waals surface area contributed by atoms with Crippen molar-refractivity contribution >= 4 is 34.8 Å². The lowest BCUT2D eigenvalue weighted by Crippen LogP contribution is -2.16. The van der Waals surface area contributed by atoms with Crippen LogP contribution in [0.25, 0.3) is 11.1 Å². The molecule has 25 heavy (non-hydrogen) atoms. The van der Waals surface area contributed by atoms with Gasteiger partial charge in [-0.15, -0.1) is 12.3 Å². The number of ketones is 2. The second-order valence-corrected chi connectivity index (χ2v) is 7.15. The van der Waals surface area contributed by atoms with E-state index in [0.717, 1.165) is 22.3 Å². The highest BCUT2D eigenvalue weighted by Crippen LogP contribution is 2.38. The van der Waals surface area contributed by atoms with Gasteiger partial charge in [-0.05, 0) is 41.8 Å². The summed E-state index contributed by atoms with van der Waals surface area (Å²) >= 11 is 12.3. The molecule has 0 N–H and O–H groups in total. The SMILES string of the molecule is C#CCC1CC(=O)C(c2cc(-c3ccc(Cl)cc3Cl)ccc2C)C1=O. The Kier molecular flexibility index (Phi) is 4.99. The standard InChI is InChI=1S/C21H16Cl2O2/c1-3-4-14-10-19(24)20(21(14)25)17-9-13(6-5-12(17)2)16-8-7-15(22)11-18(16)23/h1,5-9,11,14,20H,4,10H2,2H3. The molecule has 0 spiro atoms. The molecule has 1 fully saturated rings. The Balaban J connectivity index is 2.05. The first-order chi connectivity index (χ1) is 11.9. The third-order valence-electron chi connectivity index (χ3n) is 4.65. The number of hydrogen-bond donors (Lipinski definition) is 0. The molecule has 2 atom stereocenters. The first-order valence-corrected chi connectivity index (χ1v) is 8.74. The van der Waals surface area contributed by atoms with Crippen molar-refractivity contribution in [1.29, 1.82) is 0 Å². The zero-order chi connectivity index (χ0) is 18.1. The van der Waals surface area contributed by atoms with Crippen molar-refractivity contribution in [3.8, 4) is 23.5 Å². The molecule has 3 rings (SSSR count). The lowest BCUT2D eigenvalue weighted by atomic mass is 9.88. The molecule has 2 unspecified atom stereocenters. The topological polar surface area (TPSA) is 34.1 Å². The number of carbonyl (C=O) groups is 2. The lowest BCUT2D eigenvalue weighted by Gasteiger charge is -2.15. The summed E-state index contributed by atoms with van der Waals surface area (Å²) in [4.78, 5) is 25.1. The highest BCUT2D eigenvalue weighted by Gasteiger charge is 2.42. The van der Waals surface area contributed by atoms with E-state index in [9.17, 15) is 9.59 Å².